The summed E-state index contributed by atoms with van der Waals surface area (Å²) in [6.45, 7) is 4.04. The molecule has 1 amide bonds. The van der Waals surface area contributed by atoms with Gasteiger partial charge in [0.2, 0.25) is 5.82 Å². The molecular weight excluding hydrogens is 508 g/mol. The molecule has 10 nitrogen and oxygen atoms in total. The van der Waals surface area contributed by atoms with Crippen LogP contribution in [0.15, 0.2) is 54.9 Å². The van der Waals surface area contributed by atoms with Crippen molar-refractivity contribution in [2.24, 2.45) is 0 Å². The fourth-order valence-electron chi connectivity index (χ4n) is 5.61. The Labute approximate surface area is 231 Å². The molecule has 1 atom stereocenters. The Morgan fingerprint density at radius 3 is 2.77 bits per heavy atom. The van der Waals surface area contributed by atoms with E-state index in [4.69, 9.17) is 4.74 Å². The highest BCUT2D eigenvalue weighted by Crippen LogP contribution is 2.35. The monoisotopic (exact) mass is 538 g/mol. The Morgan fingerprint density at radius 1 is 1.10 bits per heavy atom. The number of aliphatic carboxylic acids is 1. The molecular formula is C30H30N6O4. The number of carbonyl (C=O) groups is 2. The van der Waals surface area contributed by atoms with Crippen LogP contribution in [0.25, 0.3) is 11.0 Å². The molecule has 9 rings (SSSR count). The third-order valence-corrected chi connectivity index (χ3v) is 7.74. The van der Waals surface area contributed by atoms with Crippen LogP contribution >= 0.6 is 0 Å². The van der Waals surface area contributed by atoms with Crippen molar-refractivity contribution in [1.29, 1.82) is 0 Å². The molecule has 0 spiro atoms. The lowest BCUT2D eigenvalue weighted by Crippen LogP contribution is -2.37. The zero-order valence-corrected chi connectivity index (χ0v) is 22.3. The van der Waals surface area contributed by atoms with Gasteiger partial charge < -0.3 is 14.7 Å². The van der Waals surface area contributed by atoms with E-state index < -0.39 is 5.97 Å². The van der Waals surface area contributed by atoms with Crippen molar-refractivity contribution in [1.82, 2.24) is 29.9 Å². The van der Waals surface area contributed by atoms with Crippen LogP contribution in [0.2, 0.25) is 0 Å². The maximum absolute atomic E-state index is 13.2. The first kappa shape index (κ1) is 25.7. The quantitative estimate of drug-likeness (QED) is 0.379. The molecule has 0 fully saturated rings. The number of nitrogens with zero attached hydrogens (tertiary/aromatic N) is 6. The number of aryl methyl sites for hydroxylation is 2. The Bertz CT molecular complexity index is 1610. The Balaban J connectivity index is 1.41. The van der Waals surface area contributed by atoms with Crippen LogP contribution in [0.4, 0.5) is 0 Å². The molecule has 204 valence electrons. The number of hydrogen-bond donors (Lipinski definition) is 1. The van der Waals surface area contributed by atoms with Crippen LogP contribution in [0, 0.1) is 6.92 Å². The molecule has 0 radical (unpaired) electrons. The van der Waals surface area contributed by atoms with Crippen LogP contribution in [0.1, 0.15) is 63.6 Å². The Morgan fingerprint density at radius 2 is 1.95 bits per heavy atom. The maximum atomic E-state index is 13.2. The van der Waals surface area contributed by atoms with E-state index >= 15 is 0 Å². The highest BCUT2D eigenvalue weighted by atomic mass is 16.5. The normalized spacial score (nSPS) is 18.4. The number of ether oxygens (including phenoxy) is 1. The SMILES string of the molecule is Cc1c2ccc3c1nnn3CCC/C=C/COc1cnc(nc1)C(=O)N1CCc3ccc(cc3C1)C2CC(=O)O. The molecule has 2 aromatic heterocycles. The van der Waals surface area contributed by atoms with Gasteiger partial charge in [0, 0.05) is 25.6 Å². The fraction of sp³-hybridized carbons (Fsp3) is 0.333. The molecule has 4 aromatic rings. The van der Waals surface area contributed by atoms with Gasteiger partial charge in [0.05, 0.1) is 24.3 Å². The maximum Gasteiger partial charge on any atom is 0.304 e. The number of rotatable bonds is 2. The molecule has 9 bridgehead atoms. The van der Waals surface area contributed by atoms with Gasteiger partial charge in [-0.15, -0.1) is 5.10 Å². The molecule has 5 aliphatic heterocycles. The highest BCUT2D eigenvalue weighted by Gasteiger charge is 2.27. The van der Waals surface area contributed by atoms with Crippen molar-refractivity contribution in [2.75, 3.05) is 13.2 Å². The van der Waals surface area contributed by atoms with E-state index in [1.165, 1.54) is 12.4 Å². The van der Waals surface area contributed by atoms with Gasteiger partial charge >= 0.3 is 5.97 Å². The van der Waals surface area contributed by atoms with Gasteiger partial charge in [0.1, 0.15) is 12.1 Å². The number of hydrogen-bond acceptors (Lipinski definition) is 7. The first-order chi connectivity index (χ1) is 19.5. The van der Waals surface area contributed by atoms with Crippen LogP contribution in [0.5, 0.6) is 5.75 Å². The Hall–Kier alpha value is -4.60. The molecule has 0 aliphatic carbocycles. The van der Waals surface area contributed by atoms with Gasteiger partial charge in [-0.1, -0.05) is 41.6 Å². The van der Waals surface area contributed by atoms with Crippen molar-refractivity contribution in [3.8, 4) is 5.75 Å². The molecule has 40 heavy (non-hydrogen) atoms. The van der Waals surface area contributed by atoms with Gasteiger partial charge in [-0.2, -0.15) is 0 Å². The van der Waals surface area contributed by atoms with E-state index in [-0.39, 0.29) is 24.1 Å². The van der Waals surface area contributed by atoms with Gasteiger partial charge in [-0.25, -0.2) is 14.6 Å². The van der Waals surface area contributed by atoms with E-state index in [0.717, 1.165) is 51.7 Å². The molecule has 1 N–H and O–H groups in total. The summed E-state index contributed by atoms with van der Waals surface area (Å²) in [7, 11) is 0. The standard InChI is InChI=1S/C30H30N6O4/c1-19-24-8-9-26-28(19)33-34-36(26)11-4-2-3-5-13-40-23-16-31-29(32-17-23)30(39)35-12-10-20-6-7-21(14-22(20)18-35)25(24)15-27(37)38/h3,5-9,14,16-17,25H,2,4,10-13,15,18H2,1H3,(H,37,38)/b5-3+. The average molecular weight is 539 g/mol. The van der Waals surface area contributed by atoms with Gasteiger partial charge in [-0.05, 0) is 60.1 Å². The first-order valence-electron chi connectivity index (χ1n) is 13.5. The van der Waals surface area contributed by atoms with E-state index in [1.54, 1.807) is 4.90 Å². The van der Waals surface area contributed by atoms with E-state index in [2.05, 4.69) is 32.4 Å². The minimum absolute atomic E-state index is 0.0590. The number of aromatic nitrogens is 5. The second-order valence-corrected chi connectivity index (χ2v) is 10.3. The predicted molar refractivity (Wildman–Crippen MR) is 147 cm³/mol. The predicted octanol–water partition coefficient (Wildman–Crippen LogP) is 4.06. The molecule has 1 unspecified atom stereocenters. The van der Waals surface area contributed by atoms with Crippen molar-refractivity contribution >= 4 is 22.9 Å². The summed E-state index contributed by atoms with van der Waals surface area (Å²) in [6, 6.07) is 10.1. The first-order valence-corrected chi connectivity index (χ1v) is 13.5. The molecule has 0 saturated carbocycles. The summed E-state index contributed by atoms with van der Waals surface area (Å²) in [5, 5.41) is 18.7. The molecule has 0 saturated heterocycles. The second-order valence-electron chi connectivity index (χ2n) is 10.3. The second kappa shape index (κ2) is 10.9. The molecule has 5 aliphatic rings. The zero-order chi connectivity index (χ0) is 27.6. The van der Waals surface area contributed by atoms with Crippen LogP contribution < -0.4 is 4.74 Å². The minimum atomic E-state index is -0.877. The Kier molecular flexibility index (Phi) is 6.98. The van der Waals surface area contributed by atoms with Crippen molar-refractivity contribution in [2.45, 2.75) is 51.6 Å². The van der Waals surface area contributed by atoms with Crippen LogP contribution in [0.3, 0.4) is 0 Å². The van der Waals surface area contributed by atoms with E-state index in [9.17, 15) is 14.7 Å². The number of benzene rings is 2. The number of carbonyl (C=O) groups excluding carboxylic acids is 1. The van der Waals surface area contributed by atoms with Crippen LogP contribution in [-0.2, 0) is 24.3 Å². The topological polar surface area (TPSA) is 123 Å². The van der Waals surface area contributed by atoms with E-state index in [0.29, 0.717) is 38.4 Å². The lowest BCUT2D eigenvalue weighted by atomic mass is 9.83. The summed E-state index contributed by atoms with van der Waals surface area (Å²) >= 11 is 0. The summed E-state index contributed by atoms with van der Waals surface area (Å²) in [4.78, 5) is 35.5. The number of allylic oxidation sites excluding steroid dienone is 1. The summed E-state index contributed by atoms with van der Waals surface area (Å²) in [5.41, 5.74) is 6.62. The van der Waals surface area contributed by atoms with Crippen LogP contribution in [-0.4, -0.2) is 60.0 Å². The zero-order valence-electron chi connectivity index (χ0n) is 22.3. The average Bonchev–Trinajstić information content (AvgIpc) is 3.38. The summed E-state index contributed by atoms with van der Waals surface area (Å²) < 4.78 is 7.61. The number of amides is 1. The summed E-state index contributed by atoms with van der Waals surface area (Å²) in [6.07, 6.45) is 9.43. The molecule has 2 aromatic carbocycles. The van der Waals surface area contributed by atoms with Gasteiger partial charge in [0.25, 0.3) is 5.91 Å². The van der Waals surface area contributed by atoms with Crippen molar-refractivity contribution < 1.29 is 19.4 Å². The third-order valence-electron chi connectivity index (χ3n) is 7.74. The van der Waals surface area contributed by atoms with Crippen molar-refractivity contribution in [3.63, 3.8) is 0 Å². The fourth-order valence-corrected chi connectivity index (χ4v) is 5.61. The van der Waals surface area contributed by atoms with Crippen molar-refractivity contribution in [3.05, 3.63) is 88.5 Å². The number of carboxylic acid groups (broad SMARTS) is 1. The van der Waals surface area contributed by atoms with Gasteiger partial charge in [-0.3, -0.25) is 9.59 Å². The van der Waals surface area contributed by atoms with Gasteiger partial charge in [0.15, 0.2) is 5.75 Å². The molecule has 10 heteroatoms. The highest BCUT2D eigenvalue weighted by molar-refractivity contribution is 5.90. The summed E-state index contributed by atoms with van der Waals surface area (Å²) in [5.74, 6) is -0.863. The lowest BCUT2D eigenvalue weighted by molar-refractivity contribution is -0.137. The largest absolute Gasteiger partial charge is 0.486 e. The minimum Gasteiger partial charge on any atom is -0.486 e. The van der Waals surface area contributed by atoms with E-state index in [1.807, 2.05) is 41.9 Å². The molecule has 7 heterocycles. The third kappa shape index (κ3) is 5.04. The lowest BCUT2D eigenvalue weighted by Gasteiger charge is -2.29. The smallest absolute Gasteiger partial charge is 0.304 e. The number of carboxylic acids is 1.